The Hall–Kier alpha value is -0.860. The molecule has 0 radical (unpaired) electrons. The fourth-order valence-electron chi connectivity index (χ4n) is 2.08. The van der Waals surface area contributed by atoms with Crippen LogP contribution < -0.4 is 0 Å². The molecule has 3 aromatic rings. The number of aromatic nitrogens is 1. The highest BCUT2D eigenvalue weighted by atomic mass is 127. The summed E-state index contributed by atoms with van der Waals surface area (Å²) >= 11 is 5.55. The highest BCUT2D eigenvalue weighted by Gasteiger charge is 2.24. The Labute approximate surface area is 138 Å². The van der Waals surface area contributed by atoms with Crippen molar-refractivity contribution in [3.8, 4) is 0 Å². The summed E-state index contributed by atoms with van der Waals surface area (Å²) in [5.41, 5.74) is 0.674. The van der Waals surface area contributed by atoms with Crippen LogP contribution in [-0.4, -0.2) is 12.4 Å². The molecule has 0 aliphatic heterocycles. The Balaban J connectivity index is 2.39. The first-order valence-electron chi connectivity index (χ1n) is 5.78. The zero-order valence-electron chi connectivity index (χ0n) is 10.1. The number of fused-ring (bicyclic) bond motifs is 1. The van der Waals surface area contributed by atoms with Crippen molar-refractivity contribution in [3.63, 3.8) is 0 Å². The summed E-state index contributed by atoms with van der Waals surface area (Å²) in [6.07, 6.45) is 0. The lowest BCUT2D eigenvalue weighted by Crippen LogP contribution is -2.13. The zero-order chi connectivity index (χ0) is 14.3. The van der Waals surface area contributed by atoms with E-state index in [2.05, 4.69) is 38.5 Å². The van der Waals surface area contributed by atoms with E-state index in [9.17, 15) is 8.42 Å². The van der Waals surface area contributed by atoms with E-state index in [0.717, 1.165) is 8.96 Å². The number of hydrogen-bond acceptors (Lipinski definition) is 2. The third-order valence-corrected chi connectivity index (χ3v) is 7.55. The van der Waals surface area contributed by atoms with Crippen molar-refractivity contribution in [2.24, 2.45) is 0 Å². The summed E-state index contributed by atoms with van der Waals surface area (Å²) in [5, 5.41) is 0.916. The van der Waals surface area contributed by atoms with Crippen molar-refractivity contribution in [2.45, 2.75) is 4.90 Å². The van der Waals surface area contributed by atoms with Gasteiger partial charge in [0.2, 0.25) is 0 Å². The van der Waals surface area contributed by atoms with Gasteiger partial charge in [0.05, 0.1) is 14.0 Å². The van der Waals surface area contributed by atoms with E-state index in [0.29, 0.717) is 10.1 Å². The third kappa shape index (κ3) is 2.10. The Morgan fingerprint density at radius 3 is 2.25 bits per heavy atom. The van der Waals surface area contributed by atoms with Crippen LogP contribution in [0, 0.1) is 3.57 Å². The summed E-state index contributed by atoms with van der Waals surface area (Å²) in [4.78, 5) is 0.276. The topological polar surface area (TPSA) is 39.1 Å². The van der Waals surface area contributed by atoms with E-state index in [1.807, 2.05) is 24.3 Å². The monoisotopic (exact) mass is 461 g/mol. The van der Waals surface area contributed by atoms with Gasteiger partial charge in [0.1, 0.15) is 4.60 Å². The first kappa shape index (κ1) is 14.1. The zero-order valence-corrected chi connectivity index (χ0v) is 14.7. The summed E-state index contributed by atoms with van der Waals surface area (Å²) in [5.74, 6) is 0. The molecule has 1 aromatic heterocycles. The van der Waals surface area contributed by atoms with Gasteiger partial charge in [-0.2, -0.15) is 0 Å². The molecule has 3 rings (SSSR count). The first-order valence-corrected chi connectivity index (χ1v) is 9.10. The SMILES string of the molecule is O=S(=O)(c1ccccc1)n1c(Br)c(I)c2ccccc21. The quantitative estimate of drug-likeness (QED) is 0.535. The van der Waals surface area contributed by atoms with Crippen molar-refractivity contribution in [1.29, 1.82) is 0 Å². The molecule has 0 unspecified atom stereocenters. The number of halogens is 2. The molecule has 0 aliphatic rings. The van der Waals surface area contributed by atoms with Crippen LogP contribution >= 0.6 is 38.5 Å². The van der Waals surface area contributed by atoms with Gasteiger partial charge in [-0.25, -0.2) is 12.4 Å². The molecule has 0 amide bonds. The highest BCUT2D eigenvalue weighted by molar-refractivity contribution is 14.1. The third-order valence-electron chi connectivity index (χ3n) is 3.00. The second kappa shape index (κ2) is 5.16. The van der Waals surface area contributed by atoms with Crippen molar-refractivity contribution >= 4 is 59.4 Å². The molecule has 1 heterocycles. The van der Waals surface area contributed by atoms with Crippen LogP contribution in [0.1, 0.15) is 0 Å². The summed E-state index contributed by atoms with van der Waals surface area (Å²) in [6, 6.07) is 15.9. The molecule has 0 saturated carbocycles. The largest absolute Gasteiger partial charge is 0.269 e. The maximum absolute atomic E-state index is 12.8. The molecule has 0 atom stereocenters. The Morgan fingerprint density at radius 2 is 1.55 bits per heavy atom. The number of para-hydroxylation sites is 1. The van der Waals surface area contributed by atoms with Gasteiger partial charge in [-0.15, -0.1) is 0 Å². The first-order chi connectivity index (χ1) is 9.53. The summed E-state index contributed by atoms with van der Waals surface area (Å²) in [7, 11) is -3.61. The highest BCUT2D eigenvalue weighted by Crippen LogP contribution is 2.34. The van der Waals surface area contributed by atoms with E-state index in [1.54, 1.807) is 30.3 Å². The van der Waals surface area contributed by atoms with Crippen molar-refractivity contribution in [1.82, 2.24) is 3.97 Å². The molecule has 6 heteroatoms. The summed E-state index contributed by atoms with van der Waals surface area (Å²) in [6.45, 7) is 0. The molecule has 0 saturated heterocycles. The van der Waals surface area contributed by atoms with E-state index >= 15 is 0 Å². The molecule has 0 fully saturated rings. The van der Waals surface area contributed by atoms with E-state index < -0.39 is 10.0 Å². The lowest BCUT2D eigenvalue weighted by atomic mass is 10.3. The van der Waals surface area contributed by atoms with Crippen LogP contribution in [0.2, 0.25) is 0 Å². The maximum Gasteiger partial charge on any atom is 0.269 e. The van der Waals surface area contributed by atoms with Crippen molar-refractivity contribution in [3.05, 3.63) is 62.8 Å². The van der Waals surface area contributed by atoms with Crippen molar-refractivity contribution < 1.29 is 8.42 Å². The van der Waals surface area contributed by atoms with Crippen LogP contribution in [0.5, 0.6) is 0 Å². The van der Waals surface area contributed by atoms with Gasteiger partial charge in [-0.05, 0) is 56.7 Å². The second-order valence-corrected chi connectivity index (χ2v) is 7.82. The predicted molar refractivity (Wildman–Crippen MR) is 91.4 cm³/mol. The molecule has 2 aromatic carbocycles. The van der Waals surface area contributed by atoms with E-state index in [4.69, 9.17) is 0 Å². The fourth-order valence-corrected chi connectivity index (χ4v) is 5.35. The van der Waals surface area contributed by atoms with Gasteiger partial charge < -0.3 is 0 Å². The molecule has 20 heavy (non-hydrogen) atoms. The molecular weight excluding hydrogens is 453 g/mol. The van der Waals surface area contributed by atoms with Gasteiger partial charge >= 0.3 is 0 Å². The lowest BCUT2D eigenvalue weighted by molar-refractivity contribution is 0.588. The molecular formula is C14H9BrINO2S. The predicted octanol–water partition coefficient (Wildman–Crippen LogP) is 4.25. The van der Waals surface area contributed by atoms with Crippen LogP contribution in [0.25, 0.3) is 10.9 Å². The number of rotatable bonds is 2. The van der Waals surface area contributed by atoms with Gasteiger partial charge in [0, 0.05) is 5.39 Å². The average Bonchev–Trinajstić information content (AvgIpc) is 2.73. The molecule has 0 spiro atoms. The van der Waals surface area contributed by atoms with E-state index in [-0.39, 0.29) is 4.90 Å². The molecule has 0 aliphatic carbocycles. The summed E-state index contributed by atoms with van der Waals surface area (Å²) < 4.78 is 28.4. The van der Waals surface area contributed by atoms with Crippen LogP contribution in [0.3, 0.4) is 0 Å². The second-order valence-electron chi connectivity index (χ2n) is 4.20. The number of hydrogen-bond donors (Lipinski definition) is 0. The Kier molecular flexibility index (Phi) is 3.64. The van der Waals surface area contributed by atoms with Gasteiger partial charge in [-0.3, -0.25) is 0 Å². The van der Waals surface area contributed by atoms with Gasteiger partial charge in [-0.1, -0.05) is 36.4 Å². The average molecular weight is 462 g/mol. The fraction of sp³-hybridized carbons (Fsp3) is 0. The Bertz CT molecular complexity index is 888. The minimum absolute atomic E-state index is 0.276. The van der Waals surface area contributed by atoms with Crippen LogP contribution in [0.15, 0.2) is 64.1 Å². The number of nitrogens with zero attached hydrogens (tertiary/aromatic N) is 1. The minimum atomic E-state index is -3.61. The Morgan fingerprint density at radius 1 is 0.950 bits per heavy atom. The maximum atomic E-state index is 12.8. The van der Waals surface area contributed by atoms with E-state index in [1.165, 1.54) is 3.97 Å². The minimum Gasteiger partial charge on any atom is -0.226 e. The molecule has 3 nitrogen and oxygen atoms in total. The molecule has 0 bridgehead atoms. The normalized spacial score (nSPS) is 11.9. The molecule has 0 N–H and O–H groups in total. The lowest BCUT2D eigenvalue weighted by Gasteiger charge is -2.08. The van der Waals surface area contributed by atoms with Gasteiger partial charge in [0.15, 0.2) is 0 Å². The standard InChI is InChI=1S/C14H9BrINO2S/c15-14-13(16)11-8-4-5-9-12(11)17(14)20(18,19)10-6-2-1-3-7-10/h1-9H. The molecule has 102 valence electrons. The van der Waals surface area contributed by atoms with Crippen LogP contribution in [0.4, 0.5) is 0 Å². The smallest absolute Gasteiger partial charge is 0.226 e. The van der Waals surface area contributed by atoms with Gasteiger partial charge in [0.25, 0.3) is 10.0 Å². The van der Waals surface area contributed by atoms with Crippen molar-refractivity contribution in [2.75, 3.05) is 0 Å². The number of benzene rings is 2. The van der Waals surface area contributed by atoms with Crippen LogP contribution in [-0.2, 0) is 10.0 Å².